The van der Waals surface area contributed by atoms with Gasteiger partial charge in [-0.1, -0.05) is 0 Å². The number of halogens is 2. The Morgan fingerprint density at radius 2 is 1.83 bits per heavy atom. The number of hydrogen-bond donors (Lipinski definition) is 2. The summed E-state index contributed by atoms with van der Waals surface area (Å²) in [6, 6.07) is 0.827. The van der Waals surface area contributed by atoms with Crippen LogP contribution in [-0.4, -0.2) is 19.1 Å². The van der Waals surface area contributed by atoms with Gasteiger partial charge in [0.1, 0.15) is 0 Å². The normalized spacial score (nSPS) is 38.2. The highest BCUT2D eigenvalue weighted by atomic mass is 35.5. The fourth-order valence-electron chi connectivity index (χ4n) is 2.25. The predicted molar refractivity (Wildman–Crippen MR) is 56.2 cm³/mol. The second-order valence-electron chi connectivity index (χ2n) is 3.86. The van der Waals surface area contributed by atoms with Gasteiger partial charge in [-0.25, -0.2) is 0 Å². The van der Waals surface area contributed by atoms with E-state index in [1.807, 2.05) is 0 Å². The molecule has 0 aromatic carbocycles. The molecule has 74 valence electrons. The predicted octanol–water partition coefficient (Wildman–Crippen LogP) is 1.32. The first-order valence-corrected chi connectivity index (χ1v) is 4.28. The second-order valence-corrected chi connectivity index (χ2v) is 3.86. The molecule has 2 aliphatic heterocycles. The molecule has 4 heteroatoms. The standard InChI is InChI=1S/C8H16N2.2ClH/c9-5-8-3-1-7(2-4-8)10-6-8;;/h7,10H,1-6,9H2;2*1H. The maximum absolute atomic E-state index is 5.73. The molecule has 0 amide bonds. The number of rotatable bonds is 1. The van der Waals surface area contributed by atoms with E-state index >= 15 is 0 Å². The molecular formula is C8H18Cl2N2. The molecule has 3 aliphatic rings. The zero-order valence-corrected chi connectivity index (χ0v) is 8.85. The van der Waals surface area contributed by atoms with Crippen LogP contribution in [0.1, 0.15) is 25.7 Å². The summed E-state index contributed by atoms with van der Waals surface area (Å²) in [4.78, 5) is 0. The fraction of sp³-hybridized carbons (Fsp3) is 1.00. The van der Waals surface area contributed by atoms with Crippen molar-refractivity contribution in [2.24, 2.45) is 11.1 Å². The largest absolute Gasteiger partial charge is 0.330 e. The summed E-state index contributed by atoms with van der Waals surface area (Å²) in [7, 11) is 0. The van der Waals surface area contributed by atoms with Crippen LogP contribution in [0.2, 0.25) is 0 Å². The van der Waals surface area contributed by atoms with E-state index in [2.05, 4.69) is 5.32 Å². The SMILES string of the molecule is Cl.Cl.NCC12CCC(CC1)NC2. The number of nitrogens with two attached hydrogens (primary N) is 1. The molecule has 12 heavy (non-hydrogen) atoms. The molecule has 0 spiro atoms. The minimum Gasteiger partial charge on any atom is -0.330 e. The van der Waals surface area contributed by atoms with Crippen LogP contribution in [0.15, 0.2) is 0 Å². The molecule has 2 nitrogen and oxygen atoms in total. The summed E-state index contributed by atoms with van der Waals surface area (Å²) >= 11 is 0. The summed E-state index contributed by atoms with van der Waals surface area (Å²) in [6.45, 7) is 2.06. The van der Waals surface area contributed by atoms with Crippen molar-refractivity contribution >= 4 is 24.8 Å². The minimum absolute atomic E-state index is 0. The molecule has 3 N–H and O–H groups in total. The van der Waals surface area contributed by atoms with Crippen LogP contribution < -0.4 is 11.1 Å². The highest BCUT2D eigenvalue weighted by molar-refractivity contribution is 5.85. The van der Waals surface area contributed by atoms with Crippen LogP contribution in [0.3, 0.4) is 0 Å². The Morgan fingerprint density at radius 1 is 1.25 bits per heavy atom. The second kappa shape index (κ2) is 4.66. The van der Waals surface area contributed by atoms with E-state index in [1.165, 1.54) is 32.2 Å². The van der Waals surface area contributed by atoms with Gasteiger partial charge in [-0.05, 0) is 37.6 Å². The van der Waals surface area contributed by atoms with E-state index in [1.54, 1.807) is 0 Å². The van der Waals surface area contributed by atoms with Crippen LogP contribution >= 0.6 is 24.8 Å². The Bertz CT molecular complexity index is 119. The van der Waals surface area contributed by atoms with Crippen LogP contribution in [0.4, 0.5) is 0 Å². The smallest absolute Gasteiger partial charge is 0.00677 e. The fourth-order valence-corrected chi connectivity index (χ4v) is 2.25. The van der Waals surface area contributed by atoms with Gasteiger partial charge in [0.25, 0.3) is 0 Å². The van der Waals surface area contributed by atoms with Crippen LogP contribution in [0.25, 0.3) is 0 Å². The molecule has 3 fully saturated rings. The topological polar surface area (TPSA) is 38.0 Å². The Balaban J connectivity index is 0.000000605. The number of nitrogens with one attached hydrogen (secondary N) is 1. The molecule has 1 saturated carbocycles. The third-order valence-electron chi connectivity index (χ3n) is 3.25. The molecule has 0 atom stereocenters. The van der Waals surface area contributed by atoms with Crippen molar-refractivity contribution in [2.75, 3.05) is 13.1 Å². The number of piperidine rings is 2. The summed E-state index contributed by atoms with van der Waals surface area (Å²) in [5, 5.41) is 3.53. The van der Waals surface area contributed by atoms with Gasteiger partial charge in [-0.2, -0.15) is 0 Å². The first-order valence-electron chi connectivity index (χ1n) is 4.28. The number of hydrogen-bond acceptors (Lipinski definition) is 2. The monoisotopic (exact) mass is 212 g/mol. The van der Waals surface area contributed by atoms with Crippen molar-refractivity contribution in [2.45, 2.75) is 31.7 Å². The van der Waals surface area contributed by atoms with Crippen molar-refractivity contribution in [3.8, 4) is 0 Å². The Hall–Kier alpha value is 0.500. The van der Waals surface area contributed by atoms with Gasteiger partial charge in [-0.15, -0.1) is 24.8 Å². The van der Waals surface area contributed by atoms with E-state index in [0.29, 0.717) is 5.41 Å². The van der Waals surface area contributed by atoms with Crippen molar-refractivity contribution in [1.82, 2.24) is 5.32 Å². The lowest BCUT2D eigenvalue weighted by molar-refractivity contribution is 0.105. The molecule has 3 rings (SSSR count). The average Bonchev–Trinajstić information content (AvgIpc) is 2.08. The third kappa shape index (κ3) is 2.05. The van der Waals surface area contributed by atoms with Gasteiger partial charge in [0.2, 0.25) is 0 Å². The van der Waals surface area contributed by atoms with E-state index in [4.69, 9.17) is 5.73 Å². The summed E-state index contributed by atoms with van der Waals surface area (Å²) in [5.41, 5.74) is 6.23. The summed E-state index contributed by atoms with van der Waals surface area (Å²) in [6.07, 6.45) is 5.44. The molecule has 0 unspecified atom stereocenters. The van der Waals surface area contributed by atoms with Crippen molar-refractivity contribution in [1.29, 1.82) is 0 Å². The molecule has 2 saturated heterocycles. The Morgan fingerprint density at radius 3 is 2.08 bits per heavy atom. The lowest BCUT2D eigenvalue weighted by Gasteiger charge is -2.46. The van der Waals surface area contributed by atoms with E-state index in [9.17, 15) is 0 Å². The lowest BCUT2D eigenvalue weighted by atomic mass is 9.69. The minimum atomic E-state index is 0. The van der Waals surface area contributed by atoms with Crippen molar-refractivity contribution in [3.63, 3.8) is 0 Å². The van der Waals surface area contributed by atoms with E-state index in [0.717, 1.165) is 12.6 Å². The summed E-state index contributed by atoms with van der Waals surface area (Å²) in [5.74, 6) is 0. The first kappa shape index (κ1) is 12.5. The molecule has 1 aliphatic carbocycles. The molecule has 0 aromatic heterocycles. The van der Waals surface area contributed by atoms with Crippen LogP contribution in [0.5, 0.6) is 0 Å². The molecule has 2 heterocycles. The molecule has 0 radical (unpaired) electrons. The average molecular weight is 213 g/mol. The van der Waals surface area contributed by atoms with Gasteiger partial charge in [0.15, 0.2) is 0 Å². The summed E-state index contributed by atoms with van der Waals surface area (Å²) < 4.78 is 0. The molecule has 2 bridgehead atoms. The first-order chi connectivity index (χ1) is 4.85. The van der Waals surface area contributed by atoms with Crippen LogP contribution in [0, 0.1) is 5.41 Å². The quantitative estimate of drug-likeness (QED) is 0.689. The van der Waals surface area contributed by atoms with Gasteiger partial charge in [0.05, 0.1) is 0 Å². The van der Waals surface area contributed by atoms with Gasteiger partial charge >= 0.3 is 0 Å². The molecular weight excluding hydrogens is 195 g/mol. The maximum Gasteiger partial charge on any atom is 0.00677 e. The maximum atomic E-state index is 5.73. The van der Waals surface area contributed by atoms with E-state index in [-0.39, 0.29) is 24.8 Å². The van der Waals surface area contributed by atoms with Gasteiger partial charge in [-0.3, -0.25) is 0 Å². The van der Waals surface area contributed by atoms with Gasteiger partial charge < -0.3 is 11.1 Å². The lowest BCUT2D eigenvalue weighted by Crippen LogP contribution is -2.54. The van der Waals surface area contributed by atoms with Crippen LogP contribution in [-0.2, 0) is 0 Å². The zero-order chi connectivity index (χ0) is 7.03. The zero-order valence-electron chi connectivity index (χ0n) is 7.21. The highest BCUT2D eigenvalue weighted by Gasteiger charge is 2.38. The highest BCUT2D eigenvalue weighted by Crippen LogP contribution is 2.38. The van der Waals surface area contributed by atoms with Crippen molar-refractivity contribution < 1.29 is 0 Å². The van der Waals surface area contributed by atoms with Gasteiger partial charge in [0, 0.05) is 12.6 Å². The Kier molecular flexibility index (Phi) is 4.85. The third-order valence-corrected chi connectivity index (χ3v) is 3.25. The number of fused-ring (bicyclic) bond motifs is 3. The Labute approximate surface area is 86.5 Å². The van der Waals surface area contributed by atoms with Crippen molar-refractivity contribution in [3.05, 3.63) is 0 Å². The molecule has 0 aromatic rings. The van der Waals surface area contributed by atoms with E-state index < -0.39 is 0 Å².